The van der Waals surface area contributed by atoms with Crippen LogP contribution in [0.1, 0.15) is 34.7 Å². The lowest BCUT2D eigenvalue weighted by Gasteiger charge is -2.14. The summed E-state index contributed by atoms with van der Waals surface area (Å²) in [6.45, 7) is 1.76. The van der Waals surface area contributed by atoms with E-state index in [1.807, 2.05) is 30.3 Å². The van der Waals surface area contributed by atoms with Crippen molar-refractivity contribution >= 4 is 5.91 Å². The number of aromatic nitrogens is 2. The van der Waals surface area contributed by atoms with Gasteiger partial charge in [0.25, 0.3) is 5.91 Å². The zero-order chi connectivity index (χ0) is 15.6. The maximum atomic E-state index is 12.6. The number of rotatable bonds is 3. The second kappa shape index (κ2) is 5.59. The Morgan fingerprint density at radius 1 is 1.29 bits per heavy atom. The van der Waals surface area contributed by atoms with Crippen LogP contribution >= 0.6 is 0 Å². The SMILES string of the molecule is C[C@H](NC(=O)c1cc(C(F)(F)F)nn1C)c1ccccc1. The number of alkyl halides is 3. The molecule has 1 amide bonds. The quantitative estimate of drug-likeness (QED) is 0.947. The summed E-state index contributed by atoms with van der Waals surface area (Å²) in [5, 5.41) is 5.96. The van der Waals surface area contributed by atoms with Crippen LogP contribution in [0.4, 0.5) is 13.2 Å². The molecule has 0 aliphatic rings. The van der Waals surface area contributed by atoms with E-state index >= 15 is 0 Å². The number of hydrogen-bond acceptors (Lipinski definition) is 2. The molecule has 2 aromatic rings. The van der Waals surface area contributed by atoms with Gasteiger partial charge in [0, 0.05) is 13.1 Å². The summed E-state index contributed by atoms with van der Waals surface area (Å²) in [5.41, 5.74) is -0.350. The summed E-state index contributed by atoms with van der Waals surface area (Å²) in [4.78, 5) is 12.1. The lowest BCUT2D eigenvalue weighted by molar-refractivity contribution is -0.141. The average Bonchev–Trinajstić information content (AvgIpc) is 2.82. The molecule has 0 spiro atoms. The molecule has 1 heterocycles. The van der Waals surface area contributed by atoms with Crippen LogP contribution in [0.2, 0.25) is 0 Å². The van der Waals surface area contributed by atoms with E-state index in [1.54, 1.807) is 6.92 Å². The van der Waals surface area contributed by atoms with E-state index < -0.39 is 17.8 Å². The highest BCUT2D eigenvalue weighted by molar-refractivity contribution is 5.92. The Morgan fingerprint density at radius 2 is 1.90 bits per heavy atom. The van der Waals surface area contributed by atoms with Crippen molar-refractivity contribution in [2.24, 2.45) is 7.05 Å². The van der Waals surface area contributed by atoms with E-state index in [0.717, 1.165) is 16.3 Å². The molecular formula is C14H14F3N3O. The third-order valence-electron chi connectivity index (χ3n) is 3.05. The molecule has 1 atom stereocenters. The van der Waals surface area contributed by atoms with Crippen LogP contribution in [0.15, 0.2) is 36.4 Å². The third-order valence-corrected chi connectivity index (χ3v) is 3.05. The van der Waals surface area contributed by atoms with Crippen molar-refractivity contribution in [3.63, 3.8) is 0 Å². The number of carbonyl (C=O) groups is 1. The largest absolute Gasteiger partial charge is 0.435 e. The summed E-state index contributed by atoms with van der Waals surface area (Å²) in [6.07, 6.45) is -4.57. The Morgan fingerprint density at radius 3 is 2.43 bits per heavy atom. The Balaban J connectivity index is 2.16. The number of amides is 1. The molecule has 4 nitrogen and oxygen atoms in total. The first-order chi connectivity index (χ1) is 9.79. The van der Waals surface area contributed by atoms with E-state index in [0.29, 0.717) is 0 Å². The third kappa shape index (κ3) is 3.42. The fraction of sp³-hybridized carbons (Fsp3) is 0.286. The lowest BCUT2D eigenvalue weighted by Crippen LogP contribution is -2.28. The zero-order valence-corrected chi connectivity index (χ0v) is 11.5. The van der Waals surface area contributed by atoms with E-state index in [-0.39, 0.29) is 11.7 Å². The molecule has 0 radical (unpaired) electrons. The van der Waals surface area contributed by atoms with Crippen LogP contribution in [-0.4, -0.2) is 15.7 Å². The van der Waals surface area contributed by atoms with Gasteiger partial charge in [-0.3, -0.25) is 9.48 Å². The standard InChI is InChI=1S/C14H14F3N3O/c1-9(10-6-4-3-5-7-10)18-13(21)11-8-12(14(15,16)17)19-20(11)2/h3-9H,1-2H3,(H,18,21)/t9-/m0/s1. The number of carbonyl (C=O) groups excluding carboxylic acids is 1. The molecule has 0 saturated carbocycles. The molecule has 21 heavy (non-hydrogen) atoms. The molecule has 1 N–H and O–H groups in total. The molecule has 0 saturated heterocycles. The zero-order valence-electron chi connectivity index (χ0n) is 11.5. The molecule has 0 unspecified atom stereocenters. The minimum absolute atomic E-state index is 0.134. The fourth-order valence-corrected chi connectivity index (χ4v) is 1.91. The van der Waals surface area contributed by atoms with Crippen LogP contribution in [0.5, 0.6) is 0 Å². The van der Waals surface area contributed by atoms with Crippen molar-refractivity contribution in [3.8, 4) is 0 Å². The Labute approximate surface area is 119 Å². The number of aryl methyl sites for hydroxylation is 1. The van der Waals surface area contributed by atoms with Crippen LogP contribution < -0.4 is 5.32 Å². The van der Waals surface area contributed by atoms with Crippen LogP contribution in [0, 0.1) is 0 Å². The molecule has 112 valence electrons. The summed E-state index contributed by atoms with van der Waals surface area (Å²) in [5.74, 6) is -0.600. The molecule has 0 fully saturated rings. The topological polar surface area (TPSA) is 46.9 Å². The number of hydrogen-bond donors (Lipinski definition) is 1. The van der Waals surface area contributed by atoms with Gasteiger partial charge in [-0.15, -0.1) is 0 Å². The predicted octanol–water partition coefficient (Wildman–Crippen LogP) is 2.93. The minimum Gasteiger partial charge on any atom is -0.344 e. The summed E-state index contributed by atoms with van der Waals surface area (Å²) in [6, 6.07) is 9.57. The Kier molecular flexibility index (Phi) is 4.02. The van der Waals surface area contributed by atoms with Gasteiger partial charge in [0.05, 0.1) is 6.04 Å². The van der Waals surface area contributed by atoms with Gasteiger partial charge >= 0.3 is 6.18 Å². The van der Waals surface area contributed by atoms with Crippen molar-refractivity contribution < 1.29 is 18.0 Å². The lowest BCUT2D eigenvalue weighted by atomic mass is 10.1. The maximum Gasteiger partial charge on any atom is 0.435 e. The van der Waals surface area contributed by atoms with E-state index in [1.165, 1.54) is 7.05 Å². The second-order valence-electron chi connectivity index (χ2n) is 4.64. The normalized spacial score (nSPS) is 13.0. The van der Waals surface area contributed by atoms with Crippen molar-refractivity contribution in [3.05, 3.63) is 53.3 Å². The summed E-state index contributed by atoms with van der Waals surface area (Å²) < 4.78 is 38.6. The molecule has 1 aromatic carbocycles. The van der Waals surface area contributed by atoms with Gasteiger partial charge in [-0.25, -0.2) is 0 Å². The molecule has 7 heteroatoms. The van der Waals surface area contributed by atoms with Gasteiger partial charge in [0.1, 0.15) is 5.69 Å². The Hall–Kier alpha value is -2.31. The number of benzene rings is 1. The predicted molar refractivity (Wildman–Crippen MR) is 70.5 cm³/mol. The van der Waals surface area contributed by atoms with Crippen LogP contribution in [0.25, 0.3) is 0 Å². The van der Waals surface area contributed by atoms with Crippen LogP contribution in [-0.2, 0) is 13.2 Å². The van der Waals surface area contributed by atoms with Crippen molar-refractivity contribution in [2.45, 2.75) is 19.1 Å². The molecular weight excluding hydrogens is 283 g/mol. The highest BCUT2D eigenvalue weighted by atomic mass is 19.4. The first-order valence-electron chi connectivity index (χ1n) is 6.26. The highest BCUT2D eigenvalue weighted by Crippen LogP contribution is 2.28. The van der Waals surface area contributed by atoms with Gasteiger partial charge in [0.15, 0.2) is 5.69 Å². The first-order valence-corrected chi connectivity index (χ1v) is 6.26. The first kappa shape index (κ1) is 15.1. The van der Waals surface area contributed by atoms with E-state index in [4.69, 9.17) is 0 Å². The van der Waals surface area contributed by atoms with E-state index in [2.05, 4.69) is 10.4 Å². The number of halogens is 3. The van der Waals surface area contributed by atoms with Gasteiger partial charge in [-0.1, -0.05) is 30.3 Å². The highest BCUT2D eigenvalue weighted by Gasteiger charge is 2.35. The van der Waals surface area contributed by atoms with Gasteiger partial charge in [-0.05, 0) is 12.5 Å². The van der Waals surface area contributed by atoms with Gasteiger partial charge < -0.3 is 5.32 Å². The fourth-order valence-electron chi connectivity index (χ4n) is 1.91. The van der Waals surface area contributed by atoms with Crippen molar-refractivity contribution in [2.75, 3.05) is 0 Å². The Bertz CT molecular complexity index is 635. The van der Waals surface area contributed by atoms with Gasteiger partial charge in [-0.2, -0.15) is 18.3 Å². The number of nitrogens with zero attached hydrogens (tertiary/aromatic N) is 2. The smallest absolute Gasteiger partial charge is 0.344 e. The van der Waals surface area contributed by atoms with Crippen molar-refractivity contribution in [1.82, 2.24) is 15.1 Å². The second-order valence-corrected chi connectivity index (χ2v) is 4.64. The molecule has 2 rings (SSSR count). The van der Waals surface area contributed by atoms with E-state index in [9.17, 15) is 18.0 Å². The molecule has 0 aliphatic carbocycles. The van der Waals surface area contributed by atoms with Crippen molar-refractivity contribution in [1.29, 1.82) is 0 Å². The molecule has 0 bridgehead atoms. The van der Waals surface area contributed by atoms with Gasteiger partial charge in [0.2, 0.25) is 0 Å². The number of nitrogens with one attached hydrogen (secondary N) is 1. The minimum atomic E-state index is -4.57. The monoisotopic (exact) mass is 297 g/mol. The maximum absolute atomic E-state index is 12.6. The molecule has 0 aliphatic heterocycles. The summed E-state index contributed by atoms with van der Waals surface area (Å²) in [7, 11) is 1.30. The molecule has 1 aromatic heterocycles. The van der Waals surface area contributed by atoms with Crippen LogP contribution in [0.3, 0.4) is 0 Å². The average molecular weight is 297 g/mol. The summed E-state index contributed by atoms with van der Waals surface area (Å²) >= 11 is 0.